The predicted molar refractivity (Wildman–Crippen MR) is 112 cm³/mol. The average molecular weight is 403 g/mol. The van der Waals surface area contributed by atoms with E-state index in [9.17, 15) is 9.50 Å². The van der Waals surface area contributed by atoms with Gasteiger partial charge in [0.1, 0.15) is 18.5 Å². The Labute approximate surface area is 172 Å². The predicted octanol–water partition coefficient (Wildman–Crippen LogP) is 3.27. The Morgan fingerprint density at radius 2 is 1.90 bits per heavy atom. The quantitative estimate of drug-likeness (QED) is 0.639. The van der Waals surface area contributed by atoms with Crippen LogP contribution in [0.4, 0.5) is 4.39 Å². The highest BCUT2D eigenvalue weighted by molar-refractivity contribution is 5.43. The number of aliphatic hydroxyl groups excluding tert-OH is 1. The largest absolute Gasteiger partial charge is 0.493 e. The van der Waals surface area contributed by atoms with Crippen LogP contribution in [0.15, 0.2) is 36.4 Å². The van der Waals surface area contributed by atoms with E-state index in [4.69, 9.17) is 9.47 Å². The molecule has 3 rings (SSSR count). The minimum atomic E-state index is -0.520. The van der Waals surface area contributed by atoms with E-state index >= 15 is 0 Å². The van der Waals surface area contributed by atoms with Crippen molar-refractivity contribution in [2.75, 3.05) is 33.4 Å². The fourth-order valence-corrected chi connectivity index (χ4v) is 3.62. The van der Waals surface area contributed by atoms with E-state index < -0.39 is 6.10 Å². The Bertz CT molecular complexity index is 794. The average Bonchev–Trinajstić information content (AvgIpc) is 3.22. The molecule has 29 heavy (non-hydrogen) atoms. The van der Waals surface area contributed by atoms with Crippen LogP contribution in [-0.2, 0) is 13.1 Å². The summed E-state index contributed by atoms with van der Waals surface area (Å²) in [6.45, 7) is 6.18. The maximum absolute atomic E-state index is 13.4. The maximum atomic E-state index is 13.4. The van der Waals surface area contributed by atoms with Gasteiger partial charge < -0.3 is 24.8 Å². The first kappa shape index (κ1) is 21.6. The Morgan fingerprint density at radius 1 is 1.10 bits per heavy atom. The Hall–Kier alpha value is -2.15. The highest BCUT2D eigenvalue weighted by atomic mass is 19.1. The molecule has 0 spiro atoms. The number of halogens is 1. The van der Waals surface area contributed by atoms with E-state index in [1.54, 1.807) is 19.2 Å². The zero-order valence-electron chi connectivity index (χ0n) is 17.3. The molecule has 2 N–H and O–H groups in total. The molecule has 0 radical (unpaired) electrons. The highest BCUT2D eigenvalue weighted by Crippen LogP contribution is 2.28. The van der Waals surface area contributed by atoms with E-state index in [-0.39, 0.29) is 12.4 Å². The Morgan fingerprint density at radius 3 is 2.66 bits per heavy atom. The number of hydrogen-bond donors (Lipinski definition) is 2. The number of rotatable bonds is 10. The van der Waals surface area contributed by atoms with Crippen LogP contribution in [0.3, 0.4) is 0 Å². The lowest BCUT2D eigenvalue weighted by atomic mass is 10.1. The molecule has 1 atom stereocenters. The summed E-state index contributed by atoms with van der Waals surface area (Å²) in [6, 6.07) is 10.6. The minimum absolute atomic E-state index is 0.220. The van der Waals surface area contributed by atoms with Crippen molar-refractivity contribution in [3.05, 3.63) is 58.9 Å². The number of β-amino-alcohol motifs (C(OH)–C–C–N with tert-alkyl or cyclic N) is 1. The van der Waals surface area contributed by atoms with Crippen molar-refractivity contribution in [1.29, 1.82) is 0 Å². The van der Waals surface area contributed by atoms with Gasteiger partial charge in [-0.05, 0) is 73.8 Å². The van der Waals surface area contributed by atoms with Gasteiger partial charge in [-0.2, -0.15) is 0 Å². The van der Waals surface area contributed by atoms with E-state index in [1.165, 1.54) is 18.9 Å². The topological polar surface area (TPSA) is 54.0 Å². The number of hydrogen-bond acceptors (Lipinski definition) is 5. The lowest BCUT2D eigenvalue weighted by Gasteiger charge is -2.20. The lowest BCUT2D eigenvalue weighted by Crippen LogP contribution is -2.33. The zero-order chi connectivity index (χ0) is 20.6. The lowest BCUT2D eigenvalue weighted by molar-refractivity contribution is 0.0747. The van der Waals surface area contributed by atoms with E-state index in [0.717, 1.165) is 29.8 Å². The number of likely N-dealkylation sites (tertiary alicyclic amines) is 1. The standard InChI is InChI=1S/C23H31FN2O3/c1-17-5-7-20(24)12-19(17)14-25-13-18-6-8-22(23(11-18)28-2)29-16-21(27)15-26-9-3-4-10-26/h5-8,11-12,21,25,27H,3-4,9-10,13-16H2,1-2H3. The summed E-state index contributed by atoms with van der Waals surface area (Å²) in [7, 11) is 1.61. The molecule has 0 bridgehead atoms. The van der Waals surface area contributed by atoms with Gasteiger partial charge in [0.05, 0.1) is 7.11 Å². The van der Waals surface area contributed by atoms with Crippen molar-refractivity contribution in [2.45, 2.75) is 39.0 Å². The van der Waals surface area contributed by atoms with Crippen LogP contribution in [-0.4, -0.2) is 49.5 Å². The third-order valence-corrected chi connectivity index (χ3v) is 5.28. The van der Waals surface area contributed by atoms with Gasteiger partial charge in [0.2, 0.25) is 0 Å². The van der Waals surface area contributed by atoms with Gasteiger partial charge in [0.25, 0.3) is 0 Å². The number of aliphatic hydroxyl groups is 1. The normalized spacial score (nSPS) is 15.4. The van der Waals surface area contributed by atoms with Gasteiger partial charge in [0.15, 0.2) is 11.5 Å². The third kappa shape index (κ3) is 6.42. The first-order valence-corrected chi connectivity index (χ1v) is 10.2. The van der Waals surface area contributed by atoms with Crippen LogP contribution < -0.4 is 14.8 Å². The SMILES string of the molecule is COc1cc(CNCc2cc(F)ccc2C)ccc1OCC(O)CN1CCCC1. The smallest absolute Gasteiger partial charge is 0.161 e. The summed E-state index contributed by atoms with van der Waals surface area (Å²) >= 11 is 0. The summed E-state index contributed by atoms with van der Waals surface area (Å²) in [5.74, 6) is 1.04. The second kappa shape index (κ2) is 10.6. The van der Waals surface area contributed by atoms with Gasteiger partial charge in [-0.15, -0.1) is 0 Å². The molecule has 2 aromatic carbocycles. The summed E-state index contributed by atoms with van der Waals surface area (Å²) < 4.78 is 24.7. The van der Waals surface area contributed by atoms with Crippen molar-refractivity contribution < 1.29 is 19.0 Å². The van der Waals surface area contributed by atoms with Crippen LogP contribution in [0, 0.1) is 12.7 Å². The van der Waals surface area contributed by atoms with Crippen molar-refractivity contribution in [2.24, 2.45) is 0 Å². The summed E-state index contributed by atoms with van der Waals surface area (Å²) in [6.07, 6.45) is 1.89. The van der Waals surface area contributed by atoms with Gasteiger partial charge in [-0.25, -0.2) is 4.39 Å². The molecule has 1 unspecified atom stereocenters. The van der Waals surface area contributed by atoms with Gasteiger partial charge in [-0.1, -0.05) is 12.1 Å². The Balaban J connectivity index is 1.50. The van der Waals surface area contributed by atoms with E-state index in [0.29, 0.717) is 31.1 Å². The molecule has 1 heterocycles. The summed E-state index contributed by atoms with van der Waals surface area (Å²) in [5.41, 5.74) is 3.05. The second-order valence-corrected chi connectivity index (χ2v) is 7.63. The van der Waals surface area contributed by atoms with E-state index in [1.807, 2.05) is 25.1 Å². The molecular weight excluding hydrogens is 371 g/mol. The molecule has 5 nitrogen and oxygen atoms in total. The van der Waals surface area contributed by atoms with Crippen molar-refractivity contribution in [3.8, 4) is 11.5 Å². The summed E-state index contributed by atoms with van der Waals surface area (Å²) in [5, 5.41) is 13.6. The fraction of sp³-hybridized carbons (Fsp3) is 0.478. The van der Waals surface area contributed by atoms with Gasteiger partial charge in [-0.3, -0.25) is 0 Å². The van der Waals surface area contributed by atoms with Crippen LogP contribution in [0.5, 0.6) is 11.5 Å². The second-order valence-electron chi connectivity index (χ2n) is 7.63. The number of ether oxygens (including phenoxy) is 2. The number of aryl methyl sites for hydroxylation is 1. The van der Waals surface area contributed by atoms with Crippen molar-refractivity contribution >= 4 is 0 Å². The van der Waals surface area contributed by atoms with E-state index in [2.05, 4.69) is 10.2 Å². The third-order valence-electron chi connectivity index (χ3n) is 5.28. The summed E-state index contributed by atoms with van der Waals surface area (Å²) in [4.78, 5) is 2.26. The first-order chi connectivity index (χ1) is 14.0. The minimum Gasteiger partial charge on any atom is -0.493 e. The van der Waals surface area contributed by atoms with Crippen LogP contribution >= 0.6 is 0 Å². The number of nitrogens with zero attached hydrogens (tertiary/aromatic N) is 1. The van der Waals surface area contributed by atoms with Crippen molar-refractivity contribution in [3.63, 3.8) is 0 Å². The molecule has 0 amide bonds. The molecule has 1 aliphatic heterocycles. The number of nitrogens with one attached hydrogen (secondary N) is 1. The van der Waals surface area contributed by atoms with Crippen molar-refractivity contribution in [1.82, 2.24) is 10.2 Å². The molecular formula is C23H31FN2O3. The van der Waals surface area contributed by atoms with Crippen LogP contribution in [0.25, 0.3) is 0 Å². The molecule has 1 aliphatic rings. The molecule has 0 aliphatic carbocycles. The molecule has 6 heteroatoms. The van der Waals surface area contributed by atoms with Crippen LogP contribution in [0.1, 0.15) is 29.5 Å². The molecule has 158 valence electrons. The fourth-order valence-electron chi connectivity index (χ4n) is 3.62. The van der Waals surface area contributed by atoms with Gasteiger partial charge in [0, 0.05) is 19.6 Å². The van der Waals surface area contributed by atoms with Gasteiger partial charge >= 0.3 is 0 Å². The molecule has 1 fully saturated rings. The first-order valence-electron chi connectivity index (χ1n) is 10.2. The highest BCUT2D eigenvalue weighted by Gasteiger charge is 2.17. The monoisotopic (exact) mass is 402 g/mol. The Kier molecular flexibility index (Phi) is 7.86. The molecule has 0 saturated carbocycles. The molecule has 2 aromatic rings. The van der Waals surface area contributed by atoms with Crippen LogP contribution in [0.2, 0.25) is 0 Å². The number of methoxy groups -OCH3 is 1. The molecule has 0 aromatic heterocycles. The molecule has 1 saturated heterocycles. The number of benzene rings is 2. The maximum Gasteiger partial charge on any atom is 0.161 e. The zero-order valence-corrected chi connectivity index (χ0v) is 17.3.